The van der Waals surface area contributed by atoms with E-state index in [2.05, 4.69) is 42.1 Å². The lowest BCUT2D eigenvalue weighted by Gasteiger charge is -1.99. The Morgan fingerprint density at radius 3 is 2.31 bits per heavy atom. The molecule has 0 aliphatic heterocycles. The van der Waals surface area contributed by atoms with E-state index >= 15 is 0 Å². The van der Waals surface area contributed by atoms with Gasteiger partial charge in [-0.2, -0.15) is 0 Å². The summed E-state index contributed by atoms with van der Waals surface area (Å²) in [6.45, 7) is 0. The highest BCUT2D eigenvalue weighted by Crippen LogP contribution is 2.24. The number of rotatable bonds is 2. The zero-order valence-electron chi connectivity index (χ0n) is 7.67. The van der Waals surface area contributed by atoms with Gasteiger partial charge in [0.15, 0.2) is 14.9 Å². The largest absolute Gasteiger partial charge is 0.296 e. The van der Waals surface area contributed by atoms with Crippen LogP contribution in [0.15, 0.2) is 33.5 Å². The van der Waals surface area contributed by atoms with Crippen molar-refractivity contribution in [3.63, 3.8) is 0 Å². The minimum atomic E-state index is -0.472. The normalized spacial score (nSPS) is 10.4. The zero-order valence-corrected chi connectivity index (χ0v) is 10.8. The number of hydrogen-bond acceptors (Lipinski definition) is 4. The number of benzene rings is 1. The Morgan fingerprint density at radius 2 is 1.75 bits per heavy atom. The summed E-state index contributed by atoms with van der Waals surface area (Å²) in [6, 6.07) is 6.26. The summed E-state index contributed by atoms with van der Waals surface area (Å²) < 4.78 is 0.983. The maximum absolute atomic E-state index is 10.8. The van der Waals surface area contributed by atoms with E-state index in [0.29, 0.717) is 14.9 Å². The van der Waals surface area contributed by atoms with Crippen LogP contribution < -0.4 is 0 Å². The Labute approximate surface area is 107 Å². The number of nitro groups is 1. The lowest BCUT2D eigenvalue weighted by atomic mass is 10.3. The van der Waals surface area contributed by atoms with Gasteiger partial charge in [0.05, 0.1) is 4.92 Å². The predicted octanol–water partition coefficient (Wildman–Crippen LogP) is 2.70. The highest BCUT2D eigenvalue weighted by atomic mass is 79.9. The summed E-state index contributed by atoms with van der Waals surface area (Å²) in [5, 5.41) is 18.8. The first-order valence-electron chi connectivity index (χ1n) is 4.11. The molecule has 2 aromatic rings. The first-order chi connectivity index (χ1) is 7.59. The molecule has 0 saturated carbocycles. The third-order valence-electron chi connectivity index (χ3n) is 1.83. The molecule has 16 heavy (non-hydrogen) atoms. The van der Waals surface area contributed by atoms with Gasteiger partial charge in [-0.25, -0.2) is 0 Å². The molecular weight excluding hydrogens is 344 g/mol. The van der Waals surface area contributed by atoms with E-state index in [4.69, 9.17) is 0 Å². The van der Waals surface area contributed by atoms with Crippen LogP contribution in [0, 0.1) is 10.1 Å². The molecule has 0 spiro atoms. The molecule has 0 N–H and O–H groups in total. The molecule has 1 aromatic heterocycles. The maximum Gasteiger partial charge on any atom is 0.296 e. The van der Waals surface area contributed by atoms with Gasteiger partial charge in [0.1, 0.15) is 0 Å². The fourth-order valence-corrected chi connectivity index (χ4v) is 1.63. The average molecular weight is 348 g/mol. The molecule has 0 atom stereocenters. The number of halogens is 2. The van der Waals surface area contributed by atoms with Crippen LogP contribution in [0.25, 0.3) is 5.69 Å². The first-order valence-corrected chi connectivity index (χ1v) is 5.70. The van der Waals surface area contributed by atoms with Gasteiger partial charge >= 0.3 is 0 Å². The van der Waals surface area contributed by atoms with E-state index in [-0.39, 0.29) is 5.69 Å². The molecule has 1 aromatic carbocycles. The lowest BCUT2D eigenvalue weighted by molar-refractivity contribution is -0.384. The van der Waals surface area contributed by atoms with Crippen LogP contribution in [-0.2, 0) is 0 Å². The molecule has 82 valence electrons. The summed E-state index contributed by atoms with van der Waals surface area (Å²) in [6.07, 6.45) is 0. The van der Waals surface area contributed by atoms with E-state index in [1.54, 1.807) is 18.2 Å². The Hall–Kier alpha value is -1.28. The second-order valence-electron chi connectivity index (χ2n) is 2.82. The Bertz CT molecular complexity index is 535. The van der Waals surface area contributed by atoms with Gasteiger partial charge in [-0.3, -0.25) is 10.1 Å². The lowest BCUT2D eigenvalue weighted by Crippen LogP contribution is -2.03. The first kappa shape index (κ1) is 11.2. The van der Waals surface area contributed by atoms with Crippen LogP contribution in [0.5, 0.6) is 0 Å². The third kappa shape index (κ3) is 1.98. The monoisotopic (exact) mass is 346 g/mol. The van der Waals surface area contributed by atoms with Crippen LogP contribution >= 0.6 is 31.9 Å². The Balaban J connectivity index is 2.59. The quantitative estimate of drug-likeness (QED) is 0.618. The van der Waals surface area contributed by atoms with Crippen molar-refractivity contribution < 1.29 is 4.92 Å². The van der Waals surface area contributed by atoms with E-state index in [1.807, 2.05) is 0 Å². The molecule has 0 bridgehead atoms. The predicted molar refractivity (Wildman–Crippen MR) is 63.4 cm³/mol. The SMILES string of the molecule is O=[N+]([O-])c1ccccc1-n1nc(Br)c(Br)n1. The number of hydrogen-bond donors (Lipinski definition) is 0. The van der Waals surface area contributed by atoms with E-state index in [0.717, 1.165) is 0 Å². The standard InChI is InChI=1S/C8H4Br2N4O2/c9-7-8(10)12-13(11-7)5-3-1-2-4-6(5)14(15)16/h1-4H. The highest BCUT2D eigenvalue weighted by molar-refractivity contribution is 9.13. The Morgan fingerprint density at radius 1 is 1.19 bits per heavy atom. The highest BCUT2D eigenvalue weighted by Gasteiger charge is 2.17. The summed E-state index contributed by atoms with van der Waals surface area (Å²) in [4.78, 5) is 11.5. The van der Waals surface area contributed by atoms with Gasteiger partial charge in [0.25, 0.3) is 5.69 Å². The summed E-state index contributed by atoms with van der Waals surface area (Å²) in [5.74, 6) is 0. The van der Waals surface area contributed by atoms with Crippen molar-refractivity contribution >= 4 is 37.5 Å². The second-order valence-corrected chi connectivity index (χ2v) is 4.32. The van der Waals surface area contributed by atoms with Crippen molar-refractivity contribution in [1.82, 2.24) is 15.0 Å². The molecular formula is C8H4Br2N4O2. The van der Waals surface area contributed by atoms with E-state index < -0.39 is 4.92 Å². The molecule has 0 amide bonds. The van der Waals surface area contributed by atoms with Crippen molar-refractivity contribution in [3.8, 4) is 5.69 Å². The minimum absolute atomic E-state index is 0.0440. The minimum Gasteiger partial charge on any atom is -0.258 e. The van der Waals surface area contributed by atoms with Crippen LogP contribution in [-0.4, -0.2) is 19.9 Å². The van der Waals surface area contributed by atoms with Crippen molar-refractivity contribution in [2.45, 2.75) is 0 Å². The van der Waals surface area contributed by atoms with Crippen molar-refractivity contribution in [2.24, 2.45) is 0 Å². The van der Waals surface area contributed by atoms with E-state index in [9.17, 15) is 10.1 Å². The fourth-order valence-electron chi connectivity index (χ4n) is 1.17. The van der Waals surface area contributed by atoms with Gasteiger partial charge in [0, 0.05) is 6.07 Å². The molecule has 0 saturated heterocycles. The second kappa shape index (κ2) is 4.30. The van der Waals surface area contributed by atoms with Crippen molar-refractivity contribution in [2.75, 3.05) is 0 Å². The van der Waals surface area contributed by atoms with E-state index in [1.165, 1.54) is 10.9 Å². The van der Waals surface area contributed by atoms with Crippen molar-refractivity contribution in [1.29, 1.82) is 0 Å². The molecule has 1 heterocycles. The third-order valence-corrected chi connectivity index (χ3v) is 3.43. The van der Waals surface area contributed by atoms with Crippen LogP contribution in [0.2, 0.25) is 0 Å². The zero-order chi connectivity index (χ0) is 11.7. The number of nitro benzene ring substituents is 1. The van der Waals surface area contributed by atoms with Crippen LogP contribution in [0.1, 0.15) is 0 Å². The van der Waals surface area contributed by atoms with Crippen LogP contribution in [0.4, 0.5) is 5.69 Å². The Kier molecular flexibility index (Phi) is 3.01. The van der Waals surface area contributed by atoms with Gasteiger partial charge in [-0.15, -0.1) is 15.0 Å². The fraction of sp³-hybridized carbons (Fsp3) is 0. The molecule has 0 radical (unpaired) electrons. The topological polar surface area (TPSA) is 73.8 Å². The van der Waals surface area contributed by atoms with Gasteiger partial charge in [0.2, 0.25) is 0 Å². The smallest absolute Gasteiger partial charge is 0.258 e. The van der Waals surface area contributed by atoms with Gasteiger partial charge < -0.3 is 0 Å². The molecule has 6 nitrogen and oxygen atoms in total. The van der Waals surface area contributed by atoms with Crippen molar-refractivity contribution in [3.05, 3.63) is 43.6 Å². The average Bonchev–Trinajstić information content (AvgIpc) is 2.59. The molecule has 0 aliphatic carbocycles. The summed E-state index contributed by atoms with van der Waals surface area (Å²) in [7, 11) is 0. The molecule has 0 fully saturated rings. The van der Waals surface area contributed by atoms with Gasteiger partial charge in [-0.1, -0.05) is 12.1 Å². The van der Waals surface area contributed by atoms with Crippen LogP contribution in [0.3, 0.4) is 0 Å². The summed E-state index contributed by atoms with van der Waals surface area (Å²) in [5.41, 5.74) is 0.274. The van der Waals surface area contributed by atoms with Gasteiger partial charge in [-0.05, 0) is 37.9 Å². The molecule has 0 unspecified atom stereocenters. The maximum atomic E-state index is 10.8. The number of para-hydroxylation sites is 2. The summed E-state index contributed by atoms with van der Waals surface area (Å²) >= 11 is 6.33. The number of nitrogens with zero attached hydrogens (tertiary/aromatic N) is 4. The number of aromatic nitrogens is 3. The molecule has 0 aliphatic rings. The molecule has 2 rings (SSSR count). The molecule has 8 heteroatoms.